The highest BCUT2D eigenvalue weighted by Gasteiger charge is 2.63. The van der Waals surface area contributed by atoms with Crippen molar-refractivity contribution < 1.29 is 43.1 Å². The number of aliphatic carboxylic acids is 1. The number of hydrogen-bond acceptors (Lipinski definition) is 8. The van der Waals surface area contributed by atoms with Gasteiger partial charge in [-0.15, -0.1) is 0 Å². The number of carbonyl (C=O) groups excluding carboxylic acids is 1. The standard InChI is InChI=1S/C21H40O9/c1-6-11-14-17-29-20(25-7-2,26-8-3)21(27-9-4,28-10-5)30-19(24)16-13-12-15-18(22)23/h6-17H2,1-5H3,(H,22,23). The molecule has 9 nitrogen and oxygen atoms in total. The van der Waals surface area contributed by atoms with Crippen molar-refractivity contribution >= 4 is 11.9 Å². The van der Waals surface area contributed by atoms with E-state index in [4.69, 9.17) is 33.5 Å². The summed E-state index contributed by atoms with van der Waals surface area (Å²) < 4.78 is 34.9. The third-order valence-electron chi connectivity index (χ3n) is 4.02. The summed E-state index contributed by atoms with van der Waals surface area (Å²) in [4.78, 5) is 23.2. The van der Waals surface area contributed by atoms with Crippen LogP contribution in [0.15, 0.2) is 0 Å². The molecule has 0 atom stereocenters. The van der Waals surface area contributed by atoms with Gasteiger partial charge in [-0.25, -0.2) is 0 Å². The van der Waals surface area contributed by atoms with Crippen molar-refractivity contribution in [3.8, 4) is 0 Å². The molecule has 0 aromatic carbocycles. The van der Waals surface area contributed by atoms with Gasteiger partial charge in [0, 0.05) is 26.1 Å². The summed E-state index contributed by atoms with van der Waals surface area (Å²) >= 11 is 0. The second-order valence-electron chi connectivity index (χ2n) is 6.47. The fraction of sp³-hybridized carbons (Fsp3) is 0.905. The fourth-order valence-corrected chi connectivity index (χ4v) is 2.80. The number of esters is 1. The lowest BCUT2D eigenvalue weighted by Gasteiger charge is -2.44. The van der Waals surface area contributed by atoms with Crippen LogP contribution in [0.25, 0.3) is 0 Å². The van der Waals surface area contributed by atoms with E-state index >= 15 is 0 Å². The molecule has 0 saturated carbocycles. The van der Waals surface area contributed by atoms with Gasteiger partial charge in [0.05, 0.1) is 19.8 Å². The van der Waals surface area contributed by atoms with E-state index in [-0.39, 0.29) is 39.3 Å². The molecule has 0 aromatic rings. The lowest BCUT2D eigenvalue weighted by atomic mass is 10.2. The maximum absolute atomic E-state index is 12.6. The van der Waals surface area contributed by atoms with Gasteiger partial charge in [-0.3, -0.25) is 9.59 Å². The number of ether oxygens (including phenoxy) is 6. The number of carbonyl (C=O) groups is 2. The molecule has 30 heavy (non-hydrogen) atoms. The van der Waals surface area contributed by atoms with Crippen LogP contribution in [-0.4, -0.2) is 62.0 Å². The molecule has 0 heterocycles. The summed E-state index contributed by atoms with van der Waals surface area (Å²) in [6.45, 7) is 10.1. The molecule has 0 aliphatic heterocycles. The number of carboxylic acids is 1. The molecule has 0 aliphatic rings. The first-order valence-electron chi connectivity index (χ1n) is 11.0. The van der Waals surface area contributed by atoms with Gasteiger partial charge in [-0.1, -0.05) is 19.8 Å². The molecule has 0 aromatic heterocycles. The summed E-state index contributed by atoms with van der Waals surface area (Å²) in [5.74, 6) is -5.48. The van der Waals surface area contributed by atoms with E-state index in [0.717, 1.165) is 19.3 Å². The molecule has 0 radical (unpaired) electrons. The van der Waals surface area contributed by atoms with Gasteiger partial charge in [0.1, 0.15) is 0 Å². The fourth-order valence-electron chi connectivity index (χ4n) is 2.80. The molecule has 9 heteroatoms. The minimum absolute atomic E-state index is 0.000652. The number of rotatable bonds is 20. The van der Waals surface area contributed by atoms with Crippen LogP contribution in [0.3, 0.4) is 0 Å². The van der Waals surface area contributed by atoms with Crippen LogP contribution in [0.4, 0.5) is 0 Å². The molecule has 0 aliphatic carbocycles. The van der Waals surface area contributed by atoms with Crippen molar-refractivity contribution in [2.75, 3.05) is 33.0 Å². The molecular formula is C21H40O9. The van der Waals surface area contributed by atoms with Gasteiger partial charge in [0.15, 0.2) is 0 Å². The minimum Gasteiger partial charge on any atom is -0.481 e. The van der Waals surface area contributed by atoms with Crippen LogP contribution in [0.1, 0.15) is 79.6 Å². The Kier molecular flexibility index (Phi) is 15.7. The van der Waals surface area contributed by atoms with Crippen molar-refractivity contribution in [3.05, 3.63) is 0 Å². The minimum atomic E-state index is -2.06. The van der Waals surface area contributed by atoms with Crippen molar-refractivity contribution in [1.29, 1.82) is 0 Å². The van der Waals surface area contributed by atoms with Crippen LogP contribution >= 0.6 is 0 Å². The van der Waals surface area contributed by atoms with E-state index in [1.54, 1.807) is 27.7 Å². The Labute approximate surface area is 180 Å². The first kappa shape index (κ1) is 28.7. The summed E-state index contributed by atoms with van der Waals surface area (Å²) in [6.07, 6.45) is 3.41. The molecule has 0 amide bonds. The molecule has 0 bridgehead atoms. The van der Waals surface area contributed by atoms with E-state index in [9.17, 15) is 9.59 Å². The lowest BCUT2D eigenvalue weighted by Crippen LogP contribution is -2.65. The summed E-state index contributed by atoms with van der Waals surface area (Å²) in [7, 11) is 0. The van der Waals surface area contributed by atoms with Crippen molar-refractivity contribution in [1.82, 2.24) is 0 Å². The average Bonchev–Trinajstić information content (AvgIpc) is 2.69. The monoisotopic (exact) mass is 436 g/mol. The number of carboxylic acid groups (broad SMARTS) is 1. The lowest BCUT2D eigenvalue weighted by molar-refractivity contribution is -0.550. The van der Waals surface area contributed by atoms with E-state index in [2.05, 4.69) is 6.92 Å². The zero-order valence-corrected chi connectivity index (χ0v) is 19.2. The Balaban J connectivity index is 5.68. The average molecular weight is 437 g/mol. The van der Waals surface area contributed by atoms with Crippen LogP contribution < -0.4 is 0 Å². The zero-order valence-electron chi connectivity index (χ0n) is 19.2. The predicted octanol–water partition coefficient (Wildman–Crippen LogP) is 3.84. The topological polar surface area (TPSA) is 110 Å². The van der Waals surface area contributed by atoms with Crippen LogP contribution in [0.2, 0.25) is 0 Å². The van der Waals surface area contributed by atoms with Crippen LogP contribution in [0.5, 0.6) is 0 Å². The van der Waals surface area contributed by atoms with E-state index in [0.29, 0.717) is 19.4 Å². The second-order valence-corrected chi connectivity index (χ2v) is 6.47. The highest BCUT2D eigenvalue weighted by Crippen LogP contribution is 2.37. The Morgan fingerprint density at radius 1 is 0.667 bits per heavy atom. The van der Waals surface area contributed by atoms with Gasteiger partial charge in [0.2, 0.25) is 0 Å². The maximum atomic E-state index is 12.6. The molecule has 178 valence electrons. The third kappa shape index (κ3) is 9.70. The molecular weight excluding hydrogens is 396 g/mol. The summed E-state index contributed by atoms with van der Waals surface area (Å²) in [5, 5.41) is 8.74. The molecule has 0 rings (SSSR count). The van der Waals surface area contributed by atoms with Crippen molar-refractivity contribution in [2.45, 2.75) is 91.5 Å². The quantitative estimate of drug-likeness (QED) is 0.173. The van der Waals surface area contributed by atoms with E-state index in [1.807, 2.05) is 0 Å². The van der Waals surface area contributed by atoms with Crippen molar-refractivity contribution in [2.24, 2.45) is 0 Å². The summed E-state index contributed by atoms with van der Waals surface area (Å²) in [6, 6.07) is 0. The van der Waals surface area contributed by atoms with Crippen molar-refractivity contribution in [3.63, 3.8) is 0 Å². The maximum Gasteiger partial charge on any atom is 0.416 e. The Hall–Kier alpha value is -1.26. The molecule has 0 unspecified atom stereocenters. The Morgan fingerprint density at radius 2 is 1.17 bits per heavy atom. The van der Waals surface area contributed by atoms with Crippen LogP contribution in [-0.2, 0) is 38.0 Å². The van der Waals surface area contributed by atoms with Gasteiger partial charge < -0.3 is 33.5 Å². The summed E-state index contributed by atoms with van der Waals surface area (Å²) in [5.41, 5.74) is 0. The zero-order chi connectivity index (χ0) is 22.9. The molecule has 0 saturated heterocycles. The van der Waals surface area contributed by atoms with Gasteiger partial charge in [0.25, 0.3) is 0 Å². The highest BCUT2D eigenvalue weighted by molar-refractivity contribution is 5.70. The van der Waals surface area contributed by atoms with E-state index < -0.39 is 23.9 Å². The van der Waals surface area contributed by atoms with Gasteiger partial charge in [-0.2, -0.15) is 0 Å². The second kappa shape index (κ2) is 16.4. The highest BCUT2D eigenvalue weighted by atomic mass is 17.0. The van der Waals surface area contributed by atoms with Gasteiger partial charge in [-0.05, 0) is 47.0 Å². The third-order valence-corrected chi connectivity index (χ3v) is 4.02. The largest absolute Gasteiger partial charge is 0.481 e. The smallest absolute Gasteiger partial charge is 0.416 e. The first-order valence-corrected chi connectivity index (χ1v) is 11.0. The Morgan fingerprint density at radius 3 is 1.63 bits per heavy atom. The molecule has 0 fully saturated rings. The molecule has 0 spiro atoms. The first-order chi connectivity index (χ1) is 14.4. The molecule has 1 N–H and O–H groups in total. The predicted molar refractivity (Wildman–Crippen MR) is 110 cm³/mol. The SMILES string of the molecule is CCCCCOC(OCC)(OCC)C(OCC)(OCC)OC(=O)CCCCC(=O)O. The van der Waals surface area contributed by atoms with E-state index in [1.165, 1.54) is 0 Å². The Bertz CT molecular complexity index is 455. The van der Waals surface area contributed by atoms with Gasteiger partial charge >= 0.3 is 23.9 Å². The van der Waals surface area contributed by atoms with Crippen LogP contribution in [0, 0.1) is 0 Å². The number of hydrogen-bond donors (Lipinski definition) is 1. The normalized spacial score (nSPS) is 12.2. The number of unbranched alkanes of at least 4 members (excludes halogenated alkanes) is 3.